The normalized spacial score (nSPS) is 18.1. The van der Waals surface area contributed by atoms with Gasteiger partial charge in [-0.15, -0.1) is 0 Å². The first-order chi connectivity index (χ1) is 8.70. The van der Waals surface area contributed by atoms with Crippen LogP contribution in [0.5, 0.6) is 0 Å². The Labute approximate surface area is 106 Å². The lowest BCUT2D eigenvalue weighted by atomic mass is 10.1. The maximum atomic E-state index is 12.2. The topological polar surface area (TPSA) is 54.8 Å². The first-order valence-corrected chi connectivity index (χ1v) is 6.07. The summed E-state index contributed by atoms with van der Waals surface area (Å²) in [7, 11) is 0. The van der Waals surface area contributed by atoms with Crippen LogP contribution in [-0.2, 0) is 16.2 Å². The molecular formula is C13H17N3O2. The van der Waals surface area contributed by atoms with Gasteiger partial charge in [-0.25, -0.2) is 0 Å². The molecule has 0 fully saturated rings. The number of hydrogen-bond donors (Lipinski definition) is 0. The van der Waals surface area contributed by atoms with Crippen LogP contribution in [0.15, 0.2) is 29.7 Å². The van der Waals surface area contributed by atoms with Gasteiger partial charge in [0.05, 0.1) is 5.71 Å². The zero-order valence-electron chi connectivity index (χ0n) is 10.7. The molecule has 1 aliphatic rings. The summed E-state index contributed by atoms with van der Waals surface area (Å²) in [6.07, 6.45) is 3.62. The summed E-state index contributed by atoms with van der Waals surface area (Å²) in [5.74, 6) is -0.0121. The lowest BCUT2D eigenvalue weighted by Crippen LogP contribution is -2.38. The third-order valence-corrected chi connectivity index (χ3v) is 2.88. The monoisotopic (exact) mass is 247 g/mol. The summed E-state index contributed by atoms with van der Waals surface area (Å²) in [6.45, 7) is 5.02. The van der Waals surface area contributed by atoms with Gasteiger partial charge in [-0.1, -0.05) is 11.2 Å². The summed E-state index contributed by atoms with van der Waals surface area (Å²) < 4.78 is 0. The highest BCUT2D eigenvalue weighted by atomic mass is 16.6. The third kappa shape index (κ3) is 2.85. The van der Waals surface area contributed by atoms with Crippen molar-refractivity contribution in [3.63, 3.8) is 0 Å². The van der Waals surface area contributed by atoms with Crippen LogP contribution < -0.4 is 0 Å². The summed E-state index contributed by atoms with van der Waals surface area (Å²) in [4.78, 5) is 23.2. The first-order valence-electron chi connectivity index (χ1n) is 6.07. The molecule has 0 spiro atoms. The summed E-state index contributed by atoms with van der Waals surface area (Å²) >= 11 is 0. The molecule has 96 valence electrons. The number of aromatic nitrogens is 1. The van der Waals surface area contributed by atoms with Crippen LogP contribution in [0, 0.1) is 0 Å². The van der Waals surface area contributed by atoms with Crippen molar-refractivity contribution in [2.75, 3.05) is 6.54 Å². The minimum atomic E-state index is -0.457. The lowest BCUT2D eigenvalue weighted by molar-refractivity contribution is -0.142. The van der Waals surface area contributed by atoms with E-state index < -0.39 is 6.10 Å². The average molecular weight is 247 g/mol. The minimum absolute atomic E-state index is 0.0121. The Balaban J connectivity index is 1.99. The van der Waals surface area contributed by atoms with E-state index in [4.69, 9.17) is 4.84 Å². The smallest absolute Gasteiger partial charge is 0.267 e. The Kier molecular flexibility index (Phi) is 3.92. The largest absolute Gasteiger partial charge is 0.382 e. The molecule has 1 aromatic heterocycles. The van der Waals surface area contributed by atoms with Gasteiger partial charge in [0.2, 0.25) is 6.10 Å². The number of pyridine rings is 1. The number of likely N-dealkylation sites (N-methyl/N-ethyl adjacent to an activating group) is 1. The summed E-state index contributed by atoms with van der Waals surface area (Å²) in [5.41, 5.74) is 1.88. The number of rotatable bonds is 4. The molecule has 1 atom stereocenters. The maximum Gasteiger partial charge on any atom is 0.267 e. The van der Waals surface area contributed by atoms with Gasteiger partial charge in [0.1, 0.15) is 0 Å². The van der Waals surface area contributed by atoms with Crippen molar-refractivity contribution in [3.05, 3.63) is 30.1 Å². The molecule has 0 bridgehead atoms. The molecule has 0 unspecified atom stereocenters. The average Bonchev–Trinajstić information content (AvgIpc) is 2.83. The Morgan fingerprint density at radius 1 is 1.61 bits per heavy atom. The van der Waals surface area contributed by atoms with Crippen molar-refractivity contribution in [1.29, 1.82) is 0 Å². The SMILES string of the molecule is CCN(Cc1cccnc1)C(=O)[C@H]1CC(C)=NO1. The number of amides is 1. The molecule has 0 saturated heterocycles. The standard InChI is InChI=1S/C13H17N3O2/c1-3-16(9-11-5-4-6-14-8-11)13(17)12-7-10(2)15-18-12/h4-6,8,12H,3,7,9H2,1-2H3/t12-/m1/s1. The zero-order valence-corrected chi connectivity index (χ0v) is 10.7. The van der Waals surface area contributed by atoms with E-state index in [9.17, 15) is 4.79 Å². The lowest BCUT2D eigenvalue weighted by Gasteiger charge is -2.23. The fourth-order valence-electron chi connectivity index (χ4n) is 1.89. The van der Waals surface area contributed by atoms with E-state index in [1.54, 1.807) is 17.3 Å². The van der Waals surface area contributed by atoms with Gasteiger partial charge in [-0.3, -0.25) is 9.78 Å². The third-order valence-electron chi connectivity index (χ3n) is 2.88. The Morgan fingerprint density at radius 3 is 3.00 bits per heavy atom. The molecule has 1 amide bonds. The highest BCUT2D eigenvalue weighted by Gasteiger charge is 2.29. The van der Waals surface area contributed by atoms with Crippen LogP contribution >= 0.6 is 0 Å². The number of carbonyl (C=O) groups excluding carboxylic acids is 1. The second-order valence-electron chi connectivity index (χ2n) is 4.34. The van der Waals surface area contributed by atoms with Crippen LogP contribution in [0.3, 0.4) is 0 Å². The highest BCUT2D eigenvalue weighted by molar-refractivity contribution is 5.91. The van der Waals surface area contributed by atoms with E-state index in [1.165, 1.54) is 0 Å². The van der Waals surface area contributed by atoms with Crippen LogP contribution in [0.2, 0.25) is 0 Å². The summed E-state index contributed by atoms with van der Waals surface area (Å²) in [5, 5.41) is 3.82. The fourth-order valence-corrected chi connectivity index (χ4v) is 1.89. The maximum absolute atomic E-state index is 12.2. The quantitative estimate of drug-likeness (QED) is 0.812. The summed E-state index contributed by atoms with van der Waals surface area (Å²) in [6, 6.07) is 3.83. The zero-order chi connectivity index (χ0) is 13.0. The Bertz CT molecular complexity index is 445. The van der Waals surface area contributed by atoms with Crippen LogP contribution in [0.25, 0.3) is 0 Å². The molecule has 5 nitrogen and oxygen atoms in total. The molecule has 0 N–H and O–H groups in total. The van der Waals surface area contributed by atoms with Gasteiger partial charge in [-0.05, 0) is 25.5 Å². The van der Waals surface area contributed by atoms with Crippen molar-refractivity contribution in [2.24, 2.45) is 5.16 Å². The number of carbonyl (C=O) groups is 1. The van der Waals surface area contributed by atoms with E-state index in [2.05, 4.69) is 10.1 Å². The van der Waals surface area contributed by atoms with Crippen molar-refractivity contribution >= 4 is 11.6 Å². The Hall–Kier alpha value is -1.91. The molecule has 0 aliphatic carbocycles. The van der Waals surface area contributed by atoms with Crippen molar-refractivity contribution in [2.45, 2.75) is 32.9 Å². The Morgan fingerprint density at radius 2 is 2.44 bits per heavy atom. The van der Waals surface area contributed by atoms with Crippen molar-refractivity contribution < 1.29 is 9.63 Å². The minimum Gasteiger partial charge on any atom is -0.382 e. The molecule has 0 aromatic carbocycles. The molecule has 0 saturated carbocycles. The van der Waals surface area contributed by atoms with Gasteiger partial charge in [0.25, 0.3) is 5.91 Å². The number of nitrogens with zero attached hydrogens (tertiary/aromatic N) is 3. The van der Waals surface area contributed by atoms with Gasteiger partial charge in [0.15, 0.2) is 0 Å². The molecule has 5 heteroatoms. The molecule has 2 heterocycles. The van der Waals surface area contributed by atoms with E-state index >= 15 is 0 Å². The molecule has 18 heavy (non-hydrogen) atoms. The molecule has 2 rings (SSSR count). The van der Waals surface area contributed by atoms with Crippen molar-refractivity contribution in [1.82, 2.24) is 9.88 Å². The van der Waals surface area contributed by atoms with E-state index in [-0.39, 0.29) is 5.91 Å². The van der Waals surface area contributed by atoms with Gasteiger partial charge < -0.3 is 9.74 Å². The van der Waals surface area contributed by atoms with E-state index in [0.717, 1.165) is 11.3 Å². The first kappa shape index (κ1) is 12.5. The van der Waals surface area contributed by atoms with Crippen LogP contribution in [0.4, 0.5) is 0 Å². The van der Waals surface area contributed by atoms with Crippen LogP contribution in [-0.4, -0.2) is 34.2 Å². The predicted octanol–water partition coefficient (Wildman–Crippen LogP) is 1.59. The van der Waals surface area contributed by atoms with E-state index in [1.807, 2.05) is 26.0 Å². The van der Waals surface area contributed by atoms with Gasteiger partial charge >= 0.3 is 0 Å². The van der Waals surface area contributed by atoms with Crippen LogP contribution in [0.1, 0.15) is 25.8 Å². The highest BCUT2D eigenvalue weighted by Crippen LogP contribution is 2.14. The fraction of sp³-hybridized carbons (Fsp3) is 0.462. The second kappa shape index (κ2) is 5.62. The molecule has 1 aliphatic heterocycles. The van der Waals surface area contributed by atoms with Gasteiger partial charge in [-0.2, -0.15) is 0 Å². The molecule has 0 radical (unpaired) electrons. The number of oxime groups is 1. The van der Waals surface area contributed by atoms with Crippen molar-refractivity contribution in [3.8, 4) is 0 Å². The molecule has 1 aromatic rings. The predicted molar refractivity (Wildman–Crippen MR) is 67.9 cm³/mol. The van der Waals surface area contributed by atoms with Gasteiger partial charge in [0, 0.05) is 31.9 Å². The second-order valence-corrected chi connectivity index (χ2v) is 4.34. The van der Waals surface area contributed by atoms with E-state index in [0.29, 0.717) is 19.5 Å². The number of hydrogen-bond acceptors (Lipinski definition) is 4. The molecular weight excluding hydrogens is 230 g/mol.